The van der Waals surface area contributed by atoms with Crippen LogP contribution in [0.15, 0.2) is 46.4 Å². The van der Waals surface area contributed by atoms with Crippen LogP contribution >= 0.6 is 15.9 Å². The molecule has 134 valence electrons. The van der Waals surface area contributed by atoms with E-state index in [9.17, 15) is 0 Å². The van der Waals surface area contributed by atoms with E-state index in [1.165, 1.54) is 18.4 Å². The monoisotopic (exact) mass is 404 g/mol. The second kappa shape index (κ2) is 8.47. The SMILES string of the molecule is CN=C(NCCCCn1cnnc1)NCC1(c2cccc(Br)c2)CC1. The highest BCUT2D eigenvalue weighted by molar-refractivity contribution is 9.10. The van der Waals surface area contributed by atoms with Crippen molar-refractivity contribution in [1.29, 1.82) is 0 Å². The molecule has 7 heteroatoms. The van der Waals surface area contributed by atoms with Gasteiger partial charge in [-0.3, -0.25) is 4.99 Å². The first-order valence-corrected chi connectivity index (χ1v) is 9.54. The molecule has 2 aromatic rings. The minimum Gasteiger partial charge on any atom is -0.356 e. The maximum Gasteiger partial charge on any atom is 0.191 e. The molecule has 1 aromatic carbocycles. The van der Waals surface area contributed by atoms with Gasteiger partial charge in [-0.2, -0.15) is 0 Å². The van der Waals surface area contributed by atoms with Crippen molar-refractivity contribution in [2.75, 3.05) is 20.1 Å². The summed E-state index contributed by atoms with van der Waals surface area (Å²) >= 11 is 3.57. The van der Waals surface area contributed by atoms with Crippen molar-refractivity contribution in [1.82, 2.24) is 25.4 Å². The number of rotatable bonds is 8. The van der Waals surface area contributed by atoms with Gasteiger partial charge in [0.15, 0.2) is 5.96 Å². The molecule has 0 bridgehead atoms. The van der Waals surface area contributed by atoms with Crippen molar-refractivity contribution < 1.29 is 0 Å². The predicted molar refractivity (Wildman–Crippen MR) is 104 cm³/mol. The standard InChI is InChI=1S/C18H25BrN6/c1-20-17(21-9-2-3-10-25-13-23-24-14-25)22-12-18(7-8-18)15-5-4-6-16(19)11-15/h4-6,11,13-14H,2-3,7-10,12H2,1H3,(H2,20,21,22). The molecule has 3 rings (SSSR count). The third-order valence-corrected chi connectivity index (χ3v) is 5.20. The van der Waals surface area contributed by atoms with Crippen LogP contribution in [0.1, 0.15) is 31.2 Å². The van der Waals surface area contributed by atoms with Crippen LogP contribution in [-0.4, -0.2) is 40.9 Å². The number of guanidine groups is 1. The van der Waals surface area contributed by atoms with E-state index in [0.29, 0.717) is 0 Å². The molecule has 1 heterocycles. The van der Waals surface area contributed by atoms with E-state index >= 15 is 0 Å². The Bertz CT molecular complexity index is 693. The third kappa shape index (κ3) is 5.04. The summed E-state index contributed by atoms with van der Waals surface area (Å²) in [5.74, 6) is 0.880. The first kappa shape index (κ1) is 17.9. The summed E-state index contributed by atoms with van der Waals surface area (Å²) in [5.41, 5.74) is 1.66. The molecule has 0 saturated heterocycles. The predicted octanol–water partition coefficient (Wildman–Crippen LogP) is 2.72. The van der Waals surface area contributed by atoms with E-state index in [1.54, 1.807) is 12.7 Å². The molecule has 1 aromatic heterocycles. The van der Waals surface area contributed by atoms with Crippen LogP contribution in [0.2, 0.25) is 0 Å². The summed E-state index contributed by atoms with van der Waals surface area (Å²) in [4.78, 5) is 4.34. The summed E-state index contributed by atoms with van der Waals surface area (Å²) in [6.07, 6.45) is 8.13. The summed E-state index contributed by atoms with van der Waals surface area (Å²) in [6.45, 7) is 2.78. The number of nitrogens with one attached hydrogen (secondary N) is 2. The molecular weight excluding hydrogens is 380 g/mol. The van der Waals surface area contributed by atoms with Gasteiger partial charge in [-0.15, -0.1) is 10.2 Å². The highest BCUT2D eigenvalue weighted by atomic mass is 79.9. The fourth-order valence-corrected chi connectivity index (χ4v) is 3.37. The van der Waals surface area contributed by atoms with Crippen molar-refractivity contribution in [3.63, 3.8) is 0 Å². The molecule has 0 atom stereocenters. The number of benzene rings is 1. The highest BCUT2D eigenvalue weighted by Gasteiger charge is 2.44. The quantitative estimate of drug-likeness (QED) is 0.403. The van der Waals surface area contributed by atoms with Crippen LogP contribution in [-0.2, 0) is 12.0 Å². The number of aromatic nitrogens is 3. The number of halogens is 1. The Morgan fingerprint density at radius 1 is 1.24 bits per heavy atom. The summed E-state index contributed by atoms with van der Waals surface area (Å²) in [5, 5.41) is 14.5. The number of aryl methyl sites for hydroxylation is 1. The maximum atomic E-state index is 4.34. The molecule has 25 heavy (non-hydrogen) atoms. The van der Waals surface area contributed by atoms with E-state index < -0.39 is 0 Å². The van der Waals surface area contributed by atoms with Gasteiger partial charge in [-0.1, -0.05) is 28.1 Å². The molecule has 1 saturated carbocycles. The van der Waals surface area contributed by atoms with Gasteiger partial charge in [0.1, 0.15) is 12.7 Å². The van der Waals surface area contributed by atoms with Crippen molar-refractivity contribution in [3.05, 3.63) is 47.0 Å². The van der Waals surface area contributed by atoms with Crippen molar-refractivity contribution >= 4 is 21.9 Å². The first-order valence-electron chi connectivity index (χ1n) is 8.75. The molecule has 0 unspecified atom stereocenters. The maximum absolute atomic E-state index is 4.34. The molecule has 1 aliphatic rings. The van der Waals surface area contributed by atoms with Gasteiger partial charge in [0, 0.05) is 36.6 Å². The van der Waals surface area contributed by atoms with Gasteiger partial charge in [0.2, 0.25) is 0 Å². The zero-order valence-electron chi connectivity index (χ0n) is 14.6. The first-order chi connectivity index (χ1) is 12.2. The van der Waals surface area contributed by atoms with Crippen LogP contribution in [0.3, 0.4) is 0 Å². The Morgan fingerprint density at radius 2 is 2.04 bits per heavy atom. The van der Waals surface area contributed by atoms with E-state index in [2.05, 4.69) is 66.0 Å². The molecule has 0 aliphatic heterocycles. The van der Waals surface area contributed by atoms with Gasteiger partial charge in [-0.05, 0) is 43.4 Å². The molecule has 0 spiro atoms. The minimum atomic E-state index is 0.260. The number of hydrogen-bond donors (Lipinski definition) is 2. The van der Waals surface area contributed by atoms with E-state index in [0.717, 1.165) is 42.9 Å². The van der Waals surface area contributed by atoms with E-state index in [4.69, 9.17) is 0 Å². The lowest BCUT2D eigenvalue weighted by Crippen LogP contribution is -2.41. The lowest BCUT2D eigenvalue weighted by atomic mass is 9.96. The van der Waals surface area contributed by atoms with Gasteiger partial charge in [0.25, 0.3) is 0 Å². The van der Waals surface area contributed by atoms with Crippen LogP contribution < -0.4 is 10.6 Å². The van der Waals surface area contributed by atoms with E-state index in [1.807, 2.05) is 11.6 Å². The Labute approximate surface area is 157 Å². The Kier molecular flexibility index (Phi) is 6.07. The van der Waals surface area contributed by atoms with Gasteiger partial charge >= 0.3 is 0 Å². The van der Waals surface area contributed by atoms with Crippen molar-refractivity contribution in [2.24, 2.45) is 4.99 Å². The molecule has 0 radical (unpaired) electrons. The largest absolute Gasteiger partial charge is 0.356 e. The minimum absolute atomic E-state index is 0.260. The zero-order valence-corrected chi connectivity index (χ0v) is 16.2. The average Bonchev–Trinajstić information content (AvgIpc) is 3.24. The topological polar surface area (TPSA) is 67.1 Å². The van der Waals surface area contributed by atoms with Crippen LogP contribution in [0.4, 0.5) is 0 Å². The molecule has 0 amide bonds. The molecular formula is C18H25BrN6. The number of hydrogen-bond acceptors (Lipinski definition) is 3. The smallest absolute Gasteiger partial charge is 0.191 e. The summed E-state index contributed by atoms with van der Waals surface area (Å²) < 4.78 is 3.15. The Balaban J connectivity index is 1.39. The highest BCUT2D eigenvalue weighted by Crippen LogP contribution is 2.48. The third-order valence-electron chi connectivity index (χ3n) is 4.71. The van der Waals surface area contributed by atoms with Crippen molar-refractivity contribution in [2.45, 2.75) is 37.6 Å². The second-order valence-corrected chi connectivity index (χ2v) is 7.47. The number of nitrogens with zero attached hydrogens (tertiary/aromatic N) is 4. The number of unbranched alkanes of at least 4 members (excludes halogenated alkanes) is 1. The molecule has 1 aliphatic carbocycles. The Hall–Kier alpha value is -1.89. The van der Waals surface area contributed by atoms with Crippen LogP contribution in [0.5, 0.6) is 0 Å². The van der Waals surface area contributed by atoms with Crippen LogP contribution in [0, 0.1) is 0 Å². The average molecular weight is 405 g/mol. The normalized spacial score (nSPS) is 15.8. The fourth-order valence-electron chi connectivity index (χ4n) is 2.97. The summed E-state index contributed by atoms with van der Waals surface area (Å²) in [7, 11) is 1.82. The second-order valence-electron chi connectivity index (χ2n) is 6.55. The van der Waals surface area contributed by atoms with Gasteiger partial charge in [0.05, 0.1) is 0 Å². The fraction of sp³-hybridized carbons (Fsp3) is 0.500. The zero-order chi connectivity index (χ0) is 17.5. The van der Waals surface area contributed by atoms with E-state index in [-0.39, 0.29) is 5.41 Å². The molecule has 2 N–H and O–H groups in total. The van der Waals surface area contributed by atoms with Crippen LogP contribution in [0.25, 0.3) is 0 Å². The van der Waals surface area contributed by atoms with Gasteiger partial charge < -0.3 is 15.2 Å². The van der Waals surface area contributed by atoms with Gasteiger partial charge in [-0.25, -0.2) is 0 Å². The number of aliphatic imine (C=N–C) groups is 1. The molecule has 1 fully saturated rings. The van der Waals surface area contributed by atoms with Crippen molar-refractivity contribution in [3.8, 4) is 0 Å². The summed E-state index contributed by atoms with van der Waals surface area (Å²) in [6, 6.07) is 8.64. The molecule has 6 nitrogen and oxygen atoms in total. The lowest BCUT2D eigenvalue weighted by Gasteiger charge is -2.19. The lowest BCUT2D eigenvalue weighted by molar-refractivity contribution is 0.593. The Morgan fingerprint density at radius 3 is 2.72 bits per heavy atom.